The van der Waals surface area contributed by atoms with E-state index in [9.17, 15) is 4.79 Å². The van der Waals surface area contributed by atoms with E-state index in [2.05, 4.69) is 19.7 Å². The molecule has 1 unspecified atom stereocenters. The van der Waals surface area contributed by atoms with Gasteiger partial charge in [0.1, 0.15) is 17.3 Å². The fourth-order valence-electron chi connectivity index (χ4n) is 4.26. The second-order valence-electron chi connectivity index (χ2n) is 7.18. The molecule has 1 fully saturated rings. The standard InChI is InChI=1S/C19H20ClN5O/c20-16-13-6-1-2-7-14(13)21-17(16)19(26)24-9-3-5-12(11-24)18-23-22-15-8-4-10-25(15)18/h1-2,6-7,12,21H,3-5,8-11H2. The van der Waals surface area contributed by atoms with Gasteiger partial charge in [0.15, 0.2) is 0 Å². The first-order chi connectivity index (χ1) is 12.7. The SMILES string of the molecule is O=C(c1[nH]c2ccccc2c1Cl)N1CCCC(c2nnc3n2CCC3)C1. The van der Waals surface area contributed by atoms with Crippen molar-refractivity contribution in [2.45, 2.75) is 38.1 Å². The summed E-state index contributed by atoms with van der Waals surface area (Å²) in [6.07, 6.45) is 4.16. The van der Waals surface area contributed by atoms with E-state index in [1.165, 1.54) is 0 Å². The van der Waals surface area contributed by atoms with Crippen LogP contribution in [0, 0.1) is 0 Å². The van der Waals surface area contributed by atoms with E-state index in [-0.39, 0.29) is 11.8 Å². The fourth-order valence-corrected chi connectivity index (χ4v) is 4.55. The molecule has 2 aromatic heterocycles. The number of amides is 1. The van der Waals surface area contributed by atoms with Crippen LogP contribution >= 0.6 is 11.6 Å². The van der Waals surface area contributed by atoms with E-state index in [1.807, 2.05) is 29.2 Å². The lowest BCUT2D eigenvalue weighted by Gasteiger charge is -2.32. The highest BCUT2D eigenvalue weighted by atomic mass is 35.5. The number of nitrogens with zero attached hydrogens (tertiary/aromatic N) is 4. The molecule has 0 spiro atoms. The maximum Gasteiger partial charge on any atom is 0.271 e. The van der Waals surface area contributed by atoms with Gasteiger partial charge in [-0.25, -0.2) is 0 Å². The summed E-state index contributed by atoms with van der Waals surface area (Å²) in [5.74, 6) is 2.34. The predicted octanol–water partition coefficient (Wildman–Crippen LogP) is 3.38. The number of nitrogens with one attached hydrogen (secondary N) is 1. The Morgan fingerprint density at radius 2 is 2.08 bits per heavy atom. The average molecular weight is 370 g/mol. The number of aryl methyl sites for hydroxylation is 1. The molecule has 134 valence electrons. The van der Waals surface area contributed by atoms with Gasteiger partial charge in [0.05, 0.1) is 5.02 Å². The monoisotopic (exact) mass is 369 g/mol. The van der Waals surface area contributed by atoms with Crippen LogP contribution in [0.15, 0.2) is 24.3 Å². The quantitative estimate of drug-likeness (QED) is 0.753. The second kappa shape index (κ2) is 6.13. The first-order valence-electron chi connectivity index (χ1n) is 9.20. The van der Waals surface area contributed by atoms with Crippen LogP contribution < -0.4 is 0 Å². The Morgan fingerprint density at radius 1 is 1.19 bits per heavy atom. The van der Waals surface area contributed by atoms with Gasteiger partial charge < -0.3 is 14.5 Å². The molecule has 4 heterocycles. The molecule has 5 rings (SSSR count). The molecule has 1 N–H and O–H groups in total. The van der Waals surface area contributed by atoms with Gasteiger partial charge in [0.2, 0.25) is 0 Å². The fraction of sp³-hybridized carbons (Fsp3) is 0.421. The number of hydrogen-bond donors (Lipinski definition) is 1. The molecular formula is C19H20ClN5O. The van der Waals surface area contributed by atoms with Crippen LogP contribution in [0.25, 0.3) is 10.9 Å². The summed E-state index contributed by atoms with van der Waals surface area (Å²) in [6.45, 7) is 2.42. The van der Waals surface area contributed by atoms with Crippen molar-refractivity contribution in [3.8, 4) is 0 Å². The molecule has 6 nitrogen and oxygen atoms in total. The van der Waals surface area contributed by atoms with Crippen LogP contribution in [0.1, 0.15) is 47.3 Å². The number of aromatic amines is 1. The lowest BCUT2D eigenvalue weighted by Crippen LogP contribution is -2.40. The van der Waals surface area contributed by atoms with Crippen LogP contribution in [0.3, 0.4) is 0 Å². The van der Waals surface area contributed by atoms with Crippen LogP contribution in [-0.2, 0) is 13.0 Å². The zero-order valence-electron chi connectivity index (χ0n) is 14.4. The number of likely N-dealkylation sites (tertiary alicyclic amines) is 1. The van der Waals surface area contributed by atoms with Crippen LogP contribution in [0.5, 0.6) is 0 Å². The maximum absolute atomic E-state index is 13.1. The Labute approximate surface area is 156 Å². The number of hydrogen-bond acceptors (Lipinski definition) is 3. The highest BCUT2D eigenvalue weighted by molar-refractivity contribution is 6.38. The van der Waals surface area contributed by atoms with Gasteiger partial charge in [0, 0.05) is 42.9 Å². The number of H-pyrrole nitrogens is 1. The molecule has 1 amide bonds. The molecule has 0 bridgehead atoms. The molecule has 2 aliphatic rings. The zero-order chi connectivity index (χ0) is 17.7. The molecule has 7 heteroatoms. The van der Waals surface area contributed by atoms with Crippen molar-refractivity contribution in [2.75, 3.05) is 13.1 Å². The summed E-state index contributed by atoms with van der Waals surface area (Å²) in [5.41, 5.74) is 1.38. The van der Waals surface area contributed by atoms with Crippen molar-refractivity contribution in [2.24, 2.45) is 0 Å². The molecule has 2 aliphatic heterocycles. The number of para-hydroxylation sites is 1. The molecule has 3 aromatic rings. The molecule has 26 heavy (non-hydrogen) atoms. The summed E-state index contributed by atoms with van der Waals surface area (Å²) >= 11 is 6.48. The molecule has 0 radical (unpaired) electrons. The molecular weight excluding hydrogens is 350 g/mol. The normalized spacial score (nSPS) is 19.9. The topological polar surface area (TPSA) is 66.8 Å². The molecule has 1 saturated heterocycles. The van der Waals surface area contributed by atoms with Crippen molar-refractivity contribution >= 4 is 28.4 Å². The second-order valence-corrected chi connectivity index (χ2v) is 7.56. The summed E-state index contributed by atoms with van der Waals surface area (Å²) in [7, 11) is 0. The molecule has 1 atom stereocenters. The third kappa shape index (κ3) is 2.43. The number of aromatic nitrogens is 4. The largest absolute Gasteiger partial charge is 0.349 e. The smallest absolute Gasteiger partial charge is 0.271 e. The number of benzene rings is 1. The zero-order valence-corrected chi connectivity index (χ0v) is 15.2. The Hall–Kier alpha value is -2.34. The van der Waals surface area contributed by atoms with Gasteiger partial charge in [-0.05, 0) is 25.3 Å². The van der Waals surface area contributed by atoms with Gasteiger partial charge in [-0.15, -0.1) is 10.2 Å². The number of fused-ring (bicyclic) bond motifs is 2. The summed E-state index contributed by atoms with van der Waals surface area (Å²) in [6, 6.07) is 7.74. The number of piperidine rings is 1. The first kappa shape index (κ1) is 15.9. The highest BCUT2D eigenvalue weighted by Gasteiger charge is 2.31. The summed E-state index contributed by atoms with van der Waals surface area (Å²) in [4.78, 5) is 18.2. The van der Waals surface area contributed by atoms with Gasteiger partial charge in [-0.1, -0.05) is 29.8 Å². The molecule has 0 aliphatic carbocycles. The van der Waals surface area contributed by atoms with E-state index >= 15 is 0 Å². The minimum Gasteiger partial charge on any atom is -0.349 e. The highest BCUT2D eigenvalue weighted by Crippen LogP contribution is 2.32. The van der Waals surface area contributed by atoms with Crippen molar-refractivity contribution in [1.82, 2.24) is 24.6 Å². The van der Waals surface area contributed by atoms with Gasteiger partial charge in [-0.2, -0.15) is 0 Å². The van der Waals surface area contributed by atoms with Gasteiger partial charge in [0.25, 0.3) is 5.91 Å². The predicted molar refractivity (Wildman–Crippen MR) is 99.5 cm³/mol. The third-order valence-corrected chi connectivity index (χ3v) is 5.96. The van der Waals surface area contributed by atoms with E-state index in [4.69, 9.17) is 11.6 Å². The summed E-state index contributed by atoms with van der Waals surface area (Å²) < 4.78 is 2.24. The van der Waals surface area contributed by atoms with Crippen LogP contribution in [0.2, 0.25) is 5.02 Å². The number of rotatable bonds is 2. The number of halogens is 1. The Morgan fingerprint density at radius 3 is 2.96 bits per heavy atom. The maximum atomic E-state index is 13.1. The summed E-state index contributed by atoms with van der Waals surface area (Å²) in [5, 5.41) is 10.1. The molecule has 1 aromatic carbocycles. The number of carbonyl (C=O) groups excluding carboxylic acids is 1. The average Bonchev–Trinajstić information content (AvgIpc) is 3.36. The lowest BCUT2D eigenvalue weighted by molar-refractivity contribution is 0.0698. The van der Waals surface area contributed by atoms with Crippen molar-refractivity contribution in [3.63, 3.8) is 0 Å². The van der Waals surface area contributed by atoms with Crippen molar-refractivity contribution in [3.05, 3.63) is 46.6 Å². The van der Waals surface area contributed by atoms with Gasteiger partial charge >= 0.3 is 0 Å². The van der Waals surface area contributed by atoms with Gasteiger partial charge in [-0.3, -0.25) is 4.79 Å². The Balaban J connectivity index is 1.42. The lowest BCUT2D eigenvalue weighted by atomic mass is 9.97. The first-order valence-corrected chi connectivity index (χ1v) is 9.57. The minimum atomic E-state index is -0.0305. The van der Waals surface area contributed by atoms with E-state index in [1.54, 1.807) is 0 Å². The number of carbonyl (C=O) groups is 1. The van der Waals surface area contributed by atoms with Crippen LogP contribution in [-0.4, -0.2) is 43.6 Å². The van der Waals surface area contributed by atoms with Crippen molar-refractivity contribution < 1.29 is 4.79 Å². The third-order valence-electron chi connectivity index (χ3n) is 5.57. The Bertz CT molecular complexity index is 991. The Kier molecular flexibility index (Phi) is 3.74. The minimum absolute atomic E-state index is 0.0305. The van der Waals surface area contributed by atoms with E-state index in [0.717, 1.165) is 61.3 Å². The van der Waals surface area contributed by atoms with Crippen LogP contribution in [0.4, 0.5) is 0 Å². The van der Waals surface area contributed by atoms with E-state index in [0.29, 0.717) is 17.3 Å². The van der Waals surface area contributed by atoms with Crippen molar-refractivity contribution in [1.29, 1.82) is 0 Å². The van der Waals surface area contributed by atoms with E-state index < -0.39 is 0 Å². The molecule has 0 saturated carbocycles.